The van der Waals surface area contributed by atoms with Crippen molar-refractivity contribution in [2.75, 3.05) is 5.32 Å². The lowest BCUT2D eigenvalue weighted by Gasteiger charge is -2.41. The van der Waals surface area contributed by atoms with E-state index in [1.165, 1.54) is 5.57 Å². The number of nitrogens with zero attached hydrogens (tertiary/aromatic N) is 1. The van der Waals surface area contributed by atoms with Crippen molar-refractivity contribution < 1.29 is 19.7 Å². The van der Waals surface area contributed by atoms with Crippen molar-refractivity contribution in [1.29, 1.82) is 0 Å². The van der Waals surface area contributed by atoms with Gasteiger partial charge in [-0.1, -0.05) is 26.0 Å². The summed E-state index contributed by atoms with van der Waals surface area (Å²) in [5.41, 5.74) is 3.72. The molecule has 2 aromatic rings. The second-order valence-electron chi connectivity index (χ2n) is 12.0. The Kier molecular flexibility index (Phi) is 5.74. The molecule has 4 N–H and O–H groups in total. The van der Waals surface area contributed by atoms with E-state index in [9.17, 15) is 15.0 Å². The number of anilines is 1. The number of carbonyl (C=O) groups is 1. The van der Waals surface area contributed by atoms with Gasteiger partial charge in [0.25, 0.3) is 5.91 Å². The van der Waals surface area contributed by atoms with Gasteiger partial charge >= 0.3 is 0 Å². The van der Waals surface area contributed by atoms with Crippen molar-refractivity contribution in [3.05, 3.63) is 53.1 Å². The Morgan fingerprint density at radius 1 is 1.14 bits per heavy atom. The fraction of sp³-hybridized carbons (Fsp3) is 0.571. The van der Waals surface area contributed by atoms with Gasteiger partial charge in [0.05, 0.1) is 11.2 Å². The average molecular weight is 480 g/mol. The molecule has 1 unspecified atom stereocenters. The minimum absolute atomic E-state index is 0.127. The van der Waals surface area contributed by atoms with Crippen LogP contribution in [0.2, 0.25) is 0 Å². The number of amides is 1. The second-order valence-corrected chi connectivity index (χ2v) is 12.0. The molecule has 7 heteroatoms. The molecule has 1 aromatic carbocycles. The third-order valence-electron chi connectivity index (χ3n) is 8.32. The highest BCUT2D eigenvalue weighted by atomic mass is 16.6. The van der Waals surface area contributed by atoms with Crippen LogP contribution in [0, 0.1) is 12.3 Å². The van der Waals surface area contributed by atoms with Crippen molar-refractivity contribution in [3.8, 4) is 0 Å². The van der Waals surface area contributed by atoms with Crippen molar-refractivity contribution in [2.45, 2.75) is 96.1 Å². The molecule has 0 spiro atoms. The molecule has 188 valence electrons. The molecule has 2 aliphatic heterocycles. The van der Waals surface area contributed by atoms with Crippen LogP contribution in [-0.4, -0.2) is 49.5 Å². The Morgan fingerprint density at radius 3 is 2.40 bits per heavy atom. The molecule has 35 heavy (non-hydrogen) atoms. The van der Waals surface area contributed by atoms with Gasteiger partial charge in [0, 0.05) is 23.1 Å². The fourth-order valence-electron chi connectivity index (χ4n) is 6.15. The number of rotatable bonds is 4. The summed E-state index contributed by atoms with van der Waals surface area (Å²) in [5.74, 6) is 0.155. The quantitative estimate of drug-likeness (QED) is 0.508. The summed E-state index contributed by atoms with van der Waals surface area (Å²) >= 11 is 0. The summed E-state index contributed by atoms with van der Waals surface area (Å²) in [5, 5.41) is 24.4. The Labute approximate surface area is 207 Å². The lowest BCUT2D eigenvalue weighted by Crippen LogP contribution is -2.43. The van der Waals surface area contributed by atoms with Crippen LogP contribution in [0.25, 0.3) is 5.57 Å². The number of aromatic amines is 1. The summed E-state index contributed by atoms with van der Waals surface area (Å²) in [4.78, 5) is 20.1. The zero-order valence-corrected chi connectivity index (χ0v) is 21.3. The minimum atomic E-state index is -0.907. The fourth-order valence-corrected chi connectivity index (χ4v) is 6.15. The van der Waals surface area contributed by atoms with Crippen LogP contribution in [0.3, 0.4) is 0 Å². The molecule has 0 radical (unpaired) electrons. The van der Waals surface area contributed by atoms with Crippen LogP contribution >= 0.6 is 0 Å². The number of aromatic nitrogens is 2. The van der Waals surface area contributed by atoms with E-state index in [4.69, 9.17) is 4.74 Å². The van der Waals surface area contributed by atoms with E-state index in [1.54, 1.807) is 6.20 Å². The number of aliphatic hydroxyl groups is 2. The normalized spacial score (nSPS) is 33.9. The maximum absolute atomic E-state index is 12.9. The molecule has 1 aliphatic carbocycles. The Morgan fingerprint density at radius 2 is 1.83 bits per heavy atom. The van der Waals surface area contributed by atoms with Crippen molar-refractivity contribution in [1.82, 2.24) is 9.97 Å². The highest BCUT2D eigenvalue weighted by Gasteiger charge is 2.61. The SMILES string of the molecule is Cc1cnc(C(=O)Nc2ccc(C3C[C@@]4(C)O[C@@](C)(C3)[C@H](O)[C@@H]4O)cc2C2=CCC(C)(C)CC2)[nH]1. The average Bonchev–Trinajstić information content (AvgIpc) is 3.28. The van der Waals surface area contributed by atoms with Crippen molar-refractivity contribution >= 4 is 17.2 Å². The lowest BCUT2D eigenvalue weighted by atomic mass is 9.75. The maximum Gasteiger partial charge on any atom is 0.291 e. The van der Waals surface area contributed by atoms with Crippen molar-refractivity contribution in [3.63, 3.8) is 0 Å². The van der Waals surface area contributed by atoms with Crippen LogP contribution < -0.4 is 5.32 Å². The molecule has 5 atom stereocenters. The standard InChI is InChI=1S/C28H37N3O4/c1-16-15-29-24(30-16)25(34)31-21-7-6-18(12-20(21)17-8-10-26(2,3)11-9-17)19-13-27(4)22(32)23(33)28(5,14-19)35-27/h6-8,12,15,19,22-23,32-33H,9-11,13-14H2,1-5H3,(H,29,30)(H,31,34)/t19?,22-,23+,27+,28-. The first kappa shape index (κ1) is 24.2. The Bertz CT molecular complexity index is 1160. The number of ether oxygens (including phenoxy) is 1. The molecule has 2 saturated heterocycles. The van der Waals surface area contributed by atoms with Crippen LogP contribution in [0.4, 0.5) is 5.69 Å². The van der Waals surface area contributed by atoms with E-state index < -0.39 is 23.4 Å². The Hall–Kier alpha value is -2.48. The maximum atomic E-state index is 12.9. The lowest BCUT2D eigenvalue weighted by molar-refractivity contribution is -0.153. The molecule has 1 aromatic heterocycles. The number of hydrogen-bond donors (Lipinski definition) is 4. The predicted molar refractivity (Wildman–Crippen MR) is 135 cm³/mol. The number of nitrogens with one attached hydrogen (secondary N) is 2. The smallest absolute Gasteiger partial charge is 0.291 e. The molecule has 7 nitrogen and oxygen atoms in total. The van der Waals surface area contributed by atoms with Crippen molar-refractivity contribution in [2.24, 2.45) is 5.41 Å². The zero-order valence-electron chi connectivity index (χ0n) is 21.3. The van der Waals surface area contributed by atoms with Gasteiger partial charge < -0.3 is 25.3 Å². The summed E-state index contributed by atoms with van der Waals surface area (Å²) in [6, 6.07) is 6.22. The van der Waals surface area contributed by atoms with Crippen LogP contribution in [0.1, 0.15) is 93.2 Å². The van der Waals surface area contributed by atoms with E-state index in [0.717, 1.165) is 41.8 Å². The van der Waals surface area contributed by atoms with Gasteiger partial charge in [0.1, 0.15) is 12.2 Å². The number of imidazole rings is 1. The first-order valence-corrected chi connectivity index (χ1v) is 12.6. The Balaban J connectivity index is 1.50. The number of allylic oxidation sites excluding steroid dienone is 2. The summed E-state index contributed by atoms with van der Waals surface area (Å²) in [6.45, 7) is 10.2. The largest absolute Gasteiger partial charge is 0.387 e. The third-order valence-corrected chi connectivity index (χ3v) is 8.32. The van der Waals surface area contributed by atoms with Gasteiger partial charge in [-0.05, 0) is 87.5 Å². The molecule has 5 rings (SSSR count). The number of fused-ring (bicyclic) bond motifs is 2. The molecule has 3 aliphatic rings. The topological polar surface area (TPSA) is 107 Å². The molecular formula is C28H37N3O4. The molecule has 1 amide bonds. The molecule has 0 saturated carbocycles. The summed E-state index contributed by atoms with van der Waals surface area (Å²) < 4.78 is 6.17. The number of benzene rings is 1. The first-order chi connectivity index (χ1) is 16.4. The minimum Gasteiger partial charge on any atom is -0.387 e. The summed E-state index contributed by atoms with van der Waals surface area (Å²) in [6.07, 6.45) is 6.41. The monoisotopic (exact) mass is 479 g/mol. The molecular weight excluding hydrogens is 442 g/mol. The third kappa shape index (κ3) is 4.34. The predicted octanol–water partition coefficient (Wildman–Crippen LogP) is 4.71. The molecule has 2 fully saturated rings. The van der Waals surface area contributed by atoms with Gasteiger partial charge in [-0.2, -0.15) is 0 Å². The number of H-pyrrole nitrogens is 1. The highest BCUT2D eigenvalue weighted by molar-refractivity contribution is 6.03. The van der Waals surface area contributed by atoms with Gasteiger partial charge in [0.2, 0.25) is 0 Å². The van der Waals surface area contributed by atoms with E-state index in [0.29, 0.717) is 18.7 Å². The van der Waals surface area contributed by atoms with E-state index >= 15 is 0 Å². The van der Waals surface area contributed by atoms with Crippen LogP contribution in [-0.2, 0) is 4.74 Å². The second kappa shape index (κ2) is 8.29. The van der Waals surface area contributed by atoms with Gasteiger partial charge in [-0.3, -0.25) is 4.79 Å². The van der Waals surface area contributed by atoms with Gasteiger partial charge in [-0.15, -0.1) is 0 Å². The van der Waals surface area contributed by atoms with E-state index in [1.807, 2.05) is 26.8 Å². The number of carbonyl (C=O) groups excluding carboxylic acids is 1. The zero-order chi connectivity index (χ0) is 25.2. The van der Waals surface area contributed by atoms with Gasteiger partial charge in [0.15, 0.2) is 5.82 Å². The van der Waals surface area contributed by atoms with Crippen LogP contribution in [0.5, 0.6) is 0 Å². The number of aliphatic hydroxyl groups excluding tert-OH is 2. The van der Waals surface area contributed by atoms with E-state index in [-0.39, 0.29) is 17.2 Å². The highest BCUT2D eigenvalue weighted by Crippen LogP contribution is 2.53. The number of hydrogen-bond acceptors (Lipinski definition) is 5. The number of aryl methyl sites for hydroxylation is 1. The first-order valence-electron chi connectivity index (χ1n) is 12.6. The summed E-state index contributed by atoms with van der Waals surface area (Å²) in [7, 11) is 0. The molecule has 2 bridgehead atoms. The van der Waals surface area contributed by atoms with Gasteiger partial charge in [-0.25, -0.2) is 4.98 Å². The van der Waals surface area contributed by atoms with Crippen LogP contribution in [0.15, 0.2) is 30.5 Å². The molecule has 3 heterocycles. The van der Waals surface area contributed by atoms with E-state index in [2.05, 4.69) is 47.3 Å².